The molecule has 0 bridgehead atoms. The lowest BCUT2D eigenvalue weighted by molar-refractivity contribution is 0.664. The molecule has 16 heavy (non-hydrogen) atoms. The number of aromatic nitrogens is 1. The monoisotopic (exact) mass is 255 g/mol. The summed E-state index contributed by atoms with van der Waals surface area (Å²) in [5.41, 5.74) is 0. The maximum Gasteiger partial charge on any atom is 0.156 e. The van der Waals surface area contributed by atoms with Gasteiger partial charge in [0.05, 0.1) is 11.6 Å². The first-order valence-corrected chi connectivity index (χ1v) is 7.49. The van der Waals surface area contributed by atoms with Crippen LogP contribution in [0, 0.1) is 0 Å². The molecule has 0 spiro atoms. The fourth-order valence-electron chi connectivity index (χ4n) is 1.52. The molecule has 2 atom stereocenters. The van der Waals surface area contributed by atoms with Crippen LogP contribution in [0.5, 0.6) is 0 Å². The van der Waals surface area contributed by atoms with Crippen molar-refractivity contribution in [2.24, 2.45) is 4.99 Å². The minimum Gasteiger partial charge on any atom is -0.361 e. The summed E-state index contributed by atoms with van der Waals surface area (Å²) in [6, 6.07) is 0.610. The maximum atomic E-state index is 4.61. The molecular formula is C11H17N3S2. The largest absolute Gasteiger partial charge is 0.361 e. The van der Waals surface area contributed by atoms with Crippen molar-refractivity contribution in [3.05, 3.63) is 16.6 Å². The molecular weight excluding hydrogens is 238 g/mol. The van der Waals surface area contributed by atoms with Gasteiger partial charge in [0.25, 0.3) is 0 Å². The SMILES string of the molecule is CCC1CSC(=NCC(C)c2nccs2)N1. The molecule has 0 amide bonds. The highest BCUT2D eigenvalue weighted by atomic mass is 32.2. The number of rotatable bonds is 4. The zero-order valence-electron chi connectivity index (χ0n) is 9.64. The molecule has 3 nitrogen and oxygen atoms in total. The molecule has 1 fully saturated rings. The van der Waals surface area contributed by atoms with Gasteiger partial charge in [0.15, 0.2) is 5.17 Å². The first kappa shape index (κ1) is 11.9. The van der Waals surface area contributed by atoms with Gasteiger partial charge in [-0.3, -0.25) is 4.99 Å². The van der Waals surface area contributed by atoms with E-state index in [9.17, 15) is 0 Å². The molecule has 2 rings (SSSR count). The van der Waals surface area contributed by atoms with E-state index >= 15 is 0 Å². The summed E-state index contributed by atoms with van der Waals surface area (Å²) >= 11 is 3.55. The number of amidine groups is 1. The minimum absolute atomic E-state index is 0.426. The van der Waals surface area contributed by atoms with Gasteiger partial charge in [-0.25, -0.2) is 4.98 Å². The molecule has 2 heterocycles. The van der Waals surface area contributed by atoms with E-state index in [1.165, 1.54) is 11.4 Å². The van der Waals surface area contributed by atoms with Gasteiger partial charge in [-0.2, -0.15) is 0 Å². The van der Waals surface area contributed by atoms with Crippen molar-refractivity contribution < 1.29 is 0 Å². The number of hydrogen-bond donors (Lipinski definition) is 1. The summed E-state index contributed by atoms with van der Waals surface area (Å²) in [5.74, 6) is 1.58. The number of nitrogens with one attached hydrogen (secondary N) is 1. The summed E-state index contributed by atoms with van der Waals surface area (Å²) in [6.45, 7) is 5.22. The van der Waals surface area contributed by atoms with E-state index in [0.717, 1.165) is 17.5 Å². The Bertz CT molecular complexity index is 348. The molecule has 1 saturated heterocycles. The molecule has 1 aromatic rings. The Labute approximate surface area is 105 Å². The van der Waals surface area contributed by atoms with Crippen LogP contribution in [-0.2, 0) is 0 Å². The highest BCUT2D eigenvalue weighted by Crippen LogP contribution is 2.20. The van der Waals surface area contributed by atoms with Crippen LogP contribution in [-0.4, -0.2) is 28.5 Å². The van der Waals surface area contributed by atoms with Gasteiger partial charge in [-0.05, 0) is 6.42 Å². The summed E-state index contributed by atoms with van der Waals surface area (Å²) in [7, 11) is 0. The number of thiazole rings is 1. The molecule has 0 radical (unpaired) electrons. The van der Waals surface area contributed by atoms with Crippen molar-refractivity contribution in [2.75, 3.05) is 12.3 Å². The zero-order chi connectivity index (χ0) is 11.4. The summed E-state index contributed by atoms with van der Waals surface area (Å²) in [6.07, 6.45) is 3.04. The lowest BCUT2D eigenvalue weighted by Crippen LogP contribution is -2.26. The first-order valence-electron chi connectivity index (χ1n) is 5.62. The van der Waals surface area contributed by atoms with E-state index in [-0.39, 0.29) is 0 Å². The Balaban J connectivity index is 1.85. The number of aliphatic imine (C=N–C) groups is 1. The molecule has 2 unspecified atom stereocenters. The smallest absolute Gasteiger partial charge is 0.156 e. The van der Waals surface area contributed by atoms with Gasteiger partial charge in [-0.1, -0.05) is 25.6 Å². The first-order chi connectivity index (χ1) is 7.79. The number of nitrogens with zero attached hydrogens (tertiary/aromatic N) is 2. The van der Waals surface area contributed by atoms with E-state index in [0.29, 0.717) is 12.0 Å². The van der Waals surface area contributed by atoms with E-state index in [1.807, 2.05) is 23.3 Å². The zero-order valence-corrected chi connectivity index (χ0v) is 11.3. The fourth-order valence-corrected chi connectivity index (χ4v) is 3.31. The molecule has 1 aliphatic rings. The predicted octanol–water partition coefficient (Wildman–Crippen LogP) is 2.72. The van der Waals surface area contributed by atoms with E-state index in [1.54, 1.807) is 11.3 Å². The standard InChI is InChI=1S/C11H17N3S2/c1-3-9-7-16-11(14-9)13-6-8(2)10-12-4-5-15-10/h4-5,8-9H,3,6-7H2,1-2H3,(H,13,14). The van der Waals surface area contributed by atoms with E-state index < -0.39 is 0 Å². The van der Waals surface area contributed by atoms with Crippen LogP contribution in [0.1, 0.15) is 31.2 Å². The average Bonchev–Trinajstić information content (AvgIpc) is 2.96. The third-order valence-electron chi connectivity index (χ3n) is 2.62. The van der Waals surface area contributed by atoms with Gasteiger partial charge in [-0.15, -0.1) is 11.3 Å². The maximum absolute atomic E-state index is 4.61. The van der Waals surface area contributed by atoms with Crippen molar-refractivity contribution in [2.45, 2.75) is 32.2 Å². The van der Waals surface area contributed by atoms with Gasteiger partial charge in [0, 0.05) is 29.3 Å². The highest BCUT2D eigenvalue weighted by molar-refractivity contribution is 8.14. The Morgan fingerprint density at radius 2 is 2.56 bits per heavy atom. The Morgan fingerprint density at radius 3 is 3.19 bits per heavy atom. The molecule has 5 heteroatoms. The molecule has 1 N–H and O–H groups in total. The van der Waals surface area contributed by atoms with Gasteiger partial charge in [0.2, 0.25) is 0 Å². The average molecular weight is 255 g/mol. The molecule has 1 aromatic heterocycles. The van der Waals surface area contributed by atoms with Crippen molar-refractivity contribution in [3.8, 4) is 0 Å². The lowest BCUT2D eigenvalue weighted by atomic mass is 10.2. The van der Waals surface area contributed by atoms with Crippen LogP contribution < -0.4 is 5.32 Å². The second kappa shape index (κ2) is 5.68. The molecule has 88 valence electrons. The van der Waals surface area contributed by atoms with Crippen LogP contribution in [0.2, 0.25) is 0 Å². The number of hydrogen-bond acceptors (Lipinski definition) is 4. The van der Waals surface area contributed by atoms with Crippen LogP contribution in [0.15, 0.2) is 16.6 Å². The van der Waals surface area contributed by atoms with Crippen molar-refractivity contribution in [3.63, 3.8) is 0 Å². The Morgan fingerprint density at radius 1 is 1.69 bits per heavy atom. The van der Waals surface area contributed by atoms with Crippen molar-refractivity contribution in [1.82, 2.24) is 10.3 Å². The normalized spacial score (nSPS) is 24.6. The van der Waals surface area contributed by atoms with Crippen LogP contribution in [0.3, 0.4) is 0 Å². The molecule has 1 aliphatic heterocycles. The van der Waals surface area contributed by atoms with Crippen LogP contribution >= 0.6 is 23.1 Å². The summed E-state index contributed by atoms with van der Waals surface area (Å²) < 4.78 is 0. The topological polar surface area (TPSA) is 37.3 Å². The van der Waals surface area contributed by atoms with Crippen LogP contribution in [0.4, 0.5) is 0 Å². The second-order valence-corrected chi connectivity index (χ2v) is 5.91. The second-order valence-electron chi connectivity index (χ2n) is 3.98. The predicted molar refractivity (Wildman–Crippen MR) is 72.5 cm³/mol. The van der Waals surface area contributed by atoms with Crippen molar-refractivity contribution >= 4 is 28.3 Å². The Kier molecular flexibility index (Phi) is 4.23. The number of thioether (sulfide) groups is 1. The Hall–Kier alpha value is -0.550. The van der Waals surface area contributed by atoms with E-state index in [4.69, 9.17) is 0 Å². The molecule has 0 saturated carbocycles. The molecule has 0 aliphatic carbocycles. The third-order valence-corrected chi connectivity index (χ3v) is 4.72. The highest BCUT2D eigenvalue weighted by Gasteiger charge is 2.18. The van der Waals surface area contributed by atoms with Gasteiger partial charge < -0.3 is 5.32 Å². The minimum atomic E-state index is 0.426. The summed E-state index contributed by atoms with van der Waals surface area (Å²) in [4.78, 5) is 8.93. The van der Waals surface area contributed by atoms with Gasteiger partial charge >= 0.3 is 0 Å². The van der Waals surface area contributed by atoms with Crippen LogP contribution in [0.25, 0.3) is 0 Å². The fraction of sp³-hybridized carbons (Fsp3) is 0.636. The molecule has 0 aromatic carbocycles. The lowest BCUT2D eigenvalue weighted by Gasteiger charge is -2.07. The summed E-state index contributed by atoms with van der Waals surface area (Å²) in [5, 5.41) is 7.75. The van der Waals surface area contributed by atoms with Crippen molar-refractivity contribution in [1.29, 1.82) is 0 Å². The van der Waals surface area contributed by atoms with E-state index in [2.05, 4.69) is 29.1 Å². The van der Waals surface area contributed by atoms with Gasteiger partial charge in [0.1, 0.15) is 0 Å². The third kappa shape index (κ3) is 2.98. The quantitative estimate of drug-likeness (QED) is 0.899.